The van der Waals surface area contributed by atoms with Crippen LogP contribution >= 0.6 is 39.1 Å². The first kappa shape index (κ1) is 22.2. The summed E-state index contributed by atoms with van der Waals surface area (Å²) in [4.78, 5) is 0. The summed E-state index contributed by atoms with van der Waals surface area (Å²) in [5, 5.41) is 10.5. The monoisotopic (exact) mass is 501 g/mol. The molecule has 0 aromatic heterocycles. The van der Waals surface area contributed by atoms with E-state index in [1.54, 1.807) is 24.3 Å². The number of nitriles is 1. The van der Waals surface area contributed by atoms with Crippen molar-refractivity contribution in [3.8, 4) is 17.6 Å². The number of allylic oxidation sites excluding steroid dienone is 1. The van der Waals surface area contributed by atoms with Crippen molar-refractivity contribution in [3.05, 3.63) is 91.9 Å². The van der Waals surface area contributed by atoms with Gasteiger partial charge in [0, 0.05) is 4.47 Å². The van der Waals surface area contributed by atoms with Gasteiger partial charge in [-0.05, 0) is 66.1 Å². The Labute approximate surface area is 194 Å². The predicted octanol–water partition coefficient (Wildman–Crippen LogP) is 7.80. The van der Waals surface area contributed by atoms with E-state index in [9.17, 15) is 5.26 Å². The van der Waals surface area contributed by atoms with Crippen molar-refractivity contribution in [2.24, 2.45) is 0 Å². The molecule has 0 unspecified atom stereocenters. The summed E-state index contributed by atoms with van der Waals surface area (Å²) >= 11 is 15.5. The summed E-state index contributed by atoms with van der Waals surface area (Å²) in [6, 6.07) is 20.9. The minimum atomic E-state index is 0.405. The van der Waals surface area contributed by atoms with Crippen molar-refractivity contribution in [3.63, 3.8) is 0 Å². The first-order valence-corrected chi connectivity index (χ1v) is 10.8. The SMILES string of the molecule is CCOc1cc(/C=C(/C#N)c2ccc(Cl)c(Cl)c2)ccc1OCc1ccc(Br)cc1. The first-order valence-electron chi connectivity index (χ1n) is 9.21. The molecule has 0 atom stereocenters. The topological polar surface area (TPSA) is 42.2 Å². The lowest BCUT2D eigenvalue weighted by atomic mass is 10.0. The number of hydrogen-bond donors (Lipinski definition) is 0. The second kappa shape index (κ2) is 10.5. The van der Waals surface area contributed by atoms with Crippen LogP contribution < -0.4 is 9.47 Å². The van der Waals surface area contributed by atoms with E-state index in [4.69, 9.17) is 32.7 Å². The molecule has 3 nitrogen and oxygen atoms in total. The largest absolute Gasteiger partial charge is 0.490 e. The number of rotatable bonds is 7. The average Bonchev–Trinajstić information content (AvgIpc) is 2.75. The van der Waals surface area contributed by atoms with Gasteiger partial charge < -0.3 is 9.47 Å². The van der Waals surface area contributed by atoms with Gasteiger partial charge in [0.15, 0.2) is 11.5 Å². The van der Waals surface area contributed by atoms with Crippen LogP contribution in [0.2, 0.25) is 10.0 Å². The van der Waals surface area contributed by atoms with Gasteiger partial charge in [-0.2, -0.15) is 5.26 Å². The average molecular weight is 503 g/mol. The standard InChI is InChI=1S/C24H18BrCl2NO2/c1-2-29-24-12-17(11-19(14-28)18-6-9-21(26)22(27)13-18)5-10-23(24)30-15-16-3-7-20(25)8-4-16/h3-13H,2,15H2,1H3/b19-11-. The Balaban J connectivity index is 1.85. The molecule has 0 fully saturated rings. The molecule has 0 heterocycles. The zero-order valence-electron chi connectivity index (χ0n) is 16.2. The minimum absolute atomic E-state index is 0.405. The minimum Gasteiger partial charge on any atom is -0.490 e. The molecular formula is C24H18BrCl2NO2. The van der Waals surface area contributed by atoms with Gasteiger partial charge in [0.1, 0.15) is 6.61 Å². The van der Waals surface area contributed by atoms with Crippen molar-refractivity contribution < 1.29 is 9.47 Å². The summed E-state index contributed by atoms with van der Waals surface area (Å²) < 4.78 is 12.7. The van der Waals surface area contributed by atoms with Gasteiger partial charge in [0.25, 0.3) is 0 Å². The van der Waals surface area contributed by atoms with Crippen LogP contribution in [-0.4, -0.2) is 6.61 Å². The predicted molar refractivity (Wildman–Crippen MR) is 126 cm³/mol. The van der Waals surface area contributed by atoms with Crippen LogP contribution in [0.5, 0.6) is 11.5 Å². The Kier molecular flexibility index (Phi) is 7.81. The number of halogens is 3. The summed E-state index contributed by atoms with van der Waals surface area (Å²) in [5.74, 6) is 1.26. The molecule has 0 aliphatic carbocycles. The van der Waals surface area contributed by atoms with Crippen molar-refractivity contribution in [1.82, 2.24) is 0 Å². The van der Waals surface area contributed by atoms with Gasteiger partial charge in [-0.3, -0.25) is 0 Å². The third kappa shape index (κ3) is 5.79. The molecule has 0 N–H and O–H groups in total. The quantitative estimate of drug-likeness (QED) is 0.244. The van der Waals surface area contributed by atoms with E-state index in [2.05, 4.69) is 22.0 Å². The molecule has 0 bridgehead atoms. The van der Waals surface area contributed by atoms with Crippen LogP contribution in [0.1, 0.15) is 23.6 Å². The number of ether oxygens (including phenoxy) is 2. The zero-order chi connectivity index (χ0) is 21.5. The second-order valence-corrected chi connectivity index (χ2v) is 8.08. The summed E-state index contributed by atoms with van der Waals surface area (Å²) in [6.07, 6.45) is 1.78. The molecule has 30 heavy (non-hydrogen) atoms. The molecule has 0 aliphatic rings. The molecule has 152 valence electrons. The van der Waals surface area contributed by atoms with Crippen LogP contribution in [0.15, 0.2) is 65.1 Å². The molecule has 3 aromatic carbocycles. The van der Waals surface area contributed by atoms with E-state index in [0.29, 0.717) is 45.9 Å². The molecule has 0 radical (unpaired) electrons. The highest BCUT2D eigenvalue weighted by atomic mass is 79.9. The zero-order valence-corrected chi connectivity index (χ0v) is 19.3. The van der Waals surface area contributed by atoms with E-state index in [1.807, 2.05) is 49.4 Å². The molecule has 3 rings (SSSR count). The van der Waals surface area contributed by atoms with Crippen LogP contribution in [-0.2, 0) is 6.61 Å². The Bertz CT molecular complexity index is 1110. The molecule has 0 saturated heterocycles. The molecule has 6 heteroatoms. The fourth-order valence-electron chi connectivity index (χ4n) is 2.75. The maximum atomic E-state index is 9.60. The van der Waals surface area contributed by atoms with E-state index in [1.165, 1.54) is 0 Å². The Morgan fingerprint density at radius 3 is 2.40 bits per heavy atom. The molecule has 0 spiro atoms. The van der Waals surface area contributed by atoms with Crippen molar-refractivity contribution in [2.75, 3.05) is 6.61 Å². The lowest BCUT2D eigenvalue weighted by Gasteiger charge is -2.13. The number of nitrogens with zero attached hydrogens (tertiary/aromatic N) is 1. The van der Waals surface area contributed by atoms with Crippen molar-refractivity contribution in [1.29, 1.82) is 5.26 Å². The van der Waals surface area contributed by atoms with Crippen LogP contribution in [0.4, 0.5) is 0 Å². The lowest BCUT2D eigenvalue weighted by Crippen LogP contribution is -2.00. The fourth-order valence-corrected chi connectivity index (χ4v) is 3.32. The fraction of sp³-hybridized carbons (Fsp3) is 0.125. The maximum absolute atomic E-state index is 9.60. The Morgan fingerprint density at radius 2 is 1.73 bits per heavy atom. The first-order chi connectivity index (χ1) is 14.5. The highest BCUT2D eigenvalue weighted by Gasteiger charge is 2.09. The van der Waals surface area contributed by atoms with E-state index < -0.39 is 0 Å². The molecule has 0 amide bonds. The number of hydrogen-bond acceptors (Lipinski definition) is 3. The Morgan fingerprint density at radius 1 is 0.967 bits per heavy atom. The van der Waals surface area contributed by atoms with Gasteiger partial charge in [-0.25, -0.2) is 0 Å². The summed E-state index contributed by atoms with van der Waals surface area (Å²) in [7, 11) is 0. The van der Waals surface area contributed by atoms with E-state index in [-0.39, 0.29) is 0 Å². The van der Waals surface area contributed by atoms with Crippen LogP contribution in [0.25, 0.3) is 11.6 Å². The maximum Gasteiger partial charge on any atom is 0.161 e. The summed E-state index contributed by atoms with van der Waals surface area (Å²) in [5.41, 5.74) is 3.04. The molecular weight excluding hydrogens is 485 g/mol. The highest BCUT2D eigenvalue weighted by Crippen LogP contribution is 2.32. The lowest BCUT2D eigenvalue weighted by molar-refractivity contribution is 0.269. The van der Waals surface area contributed by atoms with E-state index in [0.717, 1.165) is 15.6 Å². The van der Waals surface area contributed by atoms with Crippen LogP contribution in [0.3, 0.4) is 0 Å². The van der Waals surface area contributed by atoms with E-state index >= 15 is 0 Å². The van der Waals surface area contributed by atoms with Crippen LogP contribution in [0, 0.1) is 11.3 Å². The van der Waals surface area contributed by atoms with Gasteiger partial charge in [0.05, 0.1) is 28.3 Å². The second-order valence-electron chi connectivity index (χ2n) is 6.35. The van der Waals surface area contributed by atoms with Gasteiger partial charge in [-0.15, -0.1) is 0 Å². The molecule has 0 saturated carbocycles. The third-order valence-corrected chi connectivity index (χ3v) is 5.50. The van der Waals surface area contributed by atoms with Crippen molar-refractivity contribution in [2.45, 2.75) is 13.5 Å². The van der Waals surface area contributed by atoms with Gasteiger partial charge in [0.2, 0.25) is 0 Å². The molecule has 3 aromatic rings. The third-order valence-electron chi connectivity index (χ3n) is 4.24. The number of benzene rings is 3. The Hall–Kier alpha value is -2.45. The normalized spacial score (nSPS) is 11.1. The summed E-state index contributed by atoms with van der Waals surface area (Å²) in [6.45, 7) is 2.84. The van der Waals surface area contributed by atoms with Gasteiger partial charge >= 0.3 is 0 Å². The molecule has 0 aliphatic heterocycles. The van der Waals surface area contributed by atoms with Crippen molar-refractivity contribution >= 4 is 50.8 Å². The van der Waals surface area contributed by atoms with Gasteiger partial charge in [-0.1, -0.05) is 63.4 Å². The highest BCUT2D eigenvalue weighted by molar-refractivity contribution is 9.10. The smallest absolute Gasteiger partial charge is 0.161 e.